The van der Waals surface area contributed by atoms with Gasteiger partial charge in [-0.15, -0.1) is 10.2 Å². The molecule has 0 unspecified atom stereocenters. The standard InChI is InChI=1S/C24H31ClN4OS/c1-3-29-21(13-24-10-16-7-17(11-24)9-18(8-16)12-24)27-28-23(29)31-14-22(30)26-20-6-4-5-19(25)15(20)2/h4-6,16-18H,3,7-14H2,1-2H3,(H,26,30). The van der Waals surface area contributed by atoms with E-state index in [0.717, 1.165) is 53.0 Å². The summed E-state index contributed by atoms with van der Waals surface area (Å²) in [5.41, 5.74) is 2.09. The van der Waals surface area contributed by atoms with Gasteiger partial charge in [0.1, 0.15) is 5.82 Å². The number of nitrogens with one attached hydrogen (secondary N) is 1. The van der Waals surface area contributed by atoms with Crippen molar-refractivity contribution < 1.29 is 4.79 Å². The second kappa shape index (κ2) is 8.43. The van der Waals surface area contributed by atoms with Gasteiger partial charge in [-0.25, -0.2) is 0 Å². The first-order chi connectivity index (χ1) is 14.9. The second-order valence-electron chi connectivity index (χ2n) is 9.99. The Morgan fingerprint density at radius 1 is 1.19 bits per heavy atom. The lowest BCUT2D eigenvalue weighted by Gasteiger charge is -2.56. The van der Waals surface area contributed by atoms with Gasteiger partial charge in [-0.2, -0.15) is 0 Å². The van der Waals surface area contributed by atoms with Crippen LogP contribution in [0.2, 0.25) is 5.02 Å². The lowest BCUT2D eigenvalue weighted by atomic mass is 9.49. The maximum Gasteiger partial charge on any atom is 0.234 e. The third kappa shape index (κ3) is 4.25. The number of anilines is 1. The monoisotopic (exact) mass is 458 g/mol. The zero-order chi connectivity index (χ0) is 21.6. The van der Waals surface area contributed by atoms with Crippen molar-refractivity contribution in [2.75, 3.05) is 11.1 Å². The SMILES string of the molecule is CCn1c(CC23CC4CC(CC(C4)C2)C3)nnc1SCC(=O)Nc1cccc(Cl)c1C. The predicted molar refractivity (Wildman–Crippen MR) is 126 cm³/mol. The van der Waals surface area contributed by atoms with Gasteiger partial charge < -0.3 is 9.88 Å². The molecule has 0 atom stereocenters. The lowest BCUT2D eigenvalue weighted by Crippen LogP contribution is -2.47. The van der Waals surface area contributed by atoms with Crippen molar-refractivity contribution in [2.24, 2.45) is 23.2 Å². The van der Waals surface area contributed by atoms with Crippen LogP contribution in [0.15, 0.2) is 23.4 Å². The van der Waals surface area contributed by atoms with Crippen molar-refractivity contribution in [3.05, 3.63) is 34.6 Å². The molecule has 2 aromatic rings. The maximum atomic E-state index is 12.5. The summed E-state index contributed by atoms with van der Waals surface area (Å²) in [5, 5.41) is 13.5. The summed E-state index contributed by atoms with van der Waals surface area (Å²) < 4.78 is 2.22. The summed E-state index contributed by atoms with van der Waals surface area (Å²) in [6, 6.07) is 5.56. The number of benzene rings is 1. The van der Waals surface area contributed by atoms with Crippen LogP contribution in [-0.4, -0.2) is 26.4 Å². The Labute approximate surface area is 193 Å². The number of amides is 1. The number of hydrogen-bond donors (Lipinski definition) is 1. The normalized spacial score (nSPS) is 28.8. The molecule has 1 heterocycles. The highest BCUT2D eigenvalue weighted by molar-refractivity contribution is 7.99. The van der Waals surface area contributed by atoms with Gasteiger partial charge in [-0.1, -0.05) is 29.4 Å². The molecule has 1 aromatic heterocycles. The molecule has 1 amide bonds. The highest BCUT2D eigenvalue weighted by Gasteiger charge is 2.51. The van der Waals surface area contributed by atoms with Gasteiger partial charge in [0.25, 0.3) is 0 Å². The average Bonchev–Trinajstić information content (AvgIpc) is 3.09. The maximum absolute atomic E-state index is 12.5. The molecule has 5 nitrogen and oxygen atoms in total. The summed E-state index contributed by atoms with van der Waals surface area (Å²) >= 11 is 7.63. The van der Waals surface area contributed by atoms with E-state index in [9.17, 15) is 4.79 Å². The molecule has 31 heavy (non-hydrogen) atoms. The van der Waals surface area contributed by atoms with E-state index in [-0.39, 0.29) is 5.91 Å². The minimum atomic E-state index is -0.0522. The fourth-order valence-electron chi connectivity index (χ4n) is 6.78. The van der Waals surface area contributed by atoms with Crippen molar-refractivity contribution >= 4 is 35.0 Å². The Morgan fingerprint density at radius 2 is 1.87 bits per heavy atom. The Morgan fingerprint density at radius 3 is 2.52 bits per heavy atom. The summed E-state index contributed by atoms with van der Waals surface area (Å²) in [6.45, 7) is 4.90. The highest BCUT2D eigenvalue weighted by Crippen LogP contribution is 2.61. The van der Waals surface area contributed by atoms with Crippen molar-refractivity contribution in [2.45, 2.75) is 70.5 Å². The fourth-order valence-corrected chi connectivity index (χ4v) is 7.77. The Bertz CT molecular complexity index is 953. The number of thioether (sulfide) groups is 1. The topological polar surface area (TPSA) is 59.8 Å². The molecule has 0 saturated heterocycles. The van der Waals surface area contributed by atoms with E-state index in [1.165, 1.54) is 50.3 Å². The van der Waals surface area contributed by atoms with E-state index in [4.69, 9.17) is 11.6 Å². The molecule has 4 saturated carbocycles. The molecular weight excluding hydrogens is 428 g/mol. The van der Waals surface area contributed by atoms with E-state index in [2.05, 4.69) is 27.0 Å². The molecule has 7 heteroatoms. The average molecular weight is 459 g/mol. The molecule has 0 radical (unpaired) electrons. The summed E-state index contributed by atoms with van der Waals surface area (Å²) in [6.07, 6.45) is 9.55. The number of halogens is 1. The van der Waals surface area contributed by atoms with Crippen LogP contribution < -0.4 is 5.32 Å². The van der Waals surface area contributed by atoms with Gasteiger partial charge in [0, 0.05) is 23.7 Å². The molecule has 4 aliphatic rings. The van der Waals surface area contributed by atoms with E-state index in [1.807, 2.05) is 25.1 Å². The first-order valence-electron chi connectivity index (χ1n) is 11.5. The third-order valence-electron chi connectivity index (χ3n) is 7.68. The molecule has 1 aromatic carbocycles. The van der Waals surface area contributed by atoms with Crippen LogP contribution in [0.3, 0.4) is 0 Å². The van der Waals surface area contributed by atoms with Gasteiger partial charge in [0.2, 0.25) is 5.91 Å². The molecule has 4 bridgehead atoms. The van der Waals surface area contributed by atoms with Crippen molar-refractivity contribution in [3.8, 4) is 0 Å². The minimum Gasteiger partial charge on any atom is -0.325 e. The largest absolute Gasteiger partial charge is 0.325 e. The Balaban J connectivity index is 1.24. The van der Waals surface area contributed by atoms with Crippen LogP contribution in [0, 0.1) is 30.1 Å². The smallest absolute Gasteiger partial charge is 0.234 e. The number of aromatic nitrogens is 3. The van der Waals surface area contributed by atoms with Crippen molar-refractivity contribution in [1.82, 2.24) is 14.8 Å². The lowest BCUT2D eigenvalue weighted by molar-refractivity contribution is -0.113. The molecule has 0 spiro atoms. The van der Waals surface area contributed by atoms with E-state index >= 15 is 0 Å². The van der Waals surface area contributed by atoms with Crippen LogP contribution in [0.1, 0.15) is 56.8 Å². The van der Waals surface area contributed by atoms with Crippen LogP contribution in [-0.2, 0) is 17.8 Å². The van der Waals surface area contributed by atoms with Crippen LogP contribution >= 0.6 is 23.4 Å². The quantitative estimate of drug-likeness (QED) is 0.536. The third-order valence-corrected chi connectivity index (χ3v) is 9.06. The zero-order valence-electron chi connectivity index (χ0n) is 18.4. The van der Waals surface area contributed by atoms with Crippen LogP contribution in [0.4, 0.5) is 5.69 Å². The van der Waals surface area contributed by atoms with Crippen LogP contribution in [0.25, 0.3) is 0 Å². The predicted octanol–water partition coefficient (Wildman–Crippen LogP) is 5.75. The summed E-state index contributed by atoms with van der Waals surface area (Å²) in [7, 11) is 0. The molecule has 0 aliphatic heterocycles. The number of carbonyl (C=O) groups excluding carboxylic acids is 1. The summed E-state index contributed by atoms with van der Waals surface area (Å²) in [5.74, 6) is 4.19. The number of nitrogens with zero attached hydrogens (tertiary/aromatic N) is 3. The first-order valence-corrected chi connectivity index (χ1v) is 12.9. The Hall–Kier alpha value is -1.53. The van der Waals surface area contributed by atoms with E-state index in [1.54, 1.807) is 0 Å². The number of carbonyl (C=O) groups is 1. The zero-order valence-corrected chi connectivity index (χ0v) is 19.9. The molecule has 4 fully saturated rings. The highest BCUT2D eigenvalue weighted by atomic mass is 35.5. The second-order valence-corrected chi connectivity index (χ2v) is 11.3. The summed E-state index contributed by atoms with van der Waals surface area (Å²) in [4.78, 5) is 12.5. The molecule has 4 aliphatic carbocycles. The van der Waals surface area contributed by atoms with Crippen molar-refractivity contribution in [1.29, 1.82) is 0 Å². The molecule has 6 rings (SSSR count). The van der Waals surface area contributed by atoms with E-state index in [0.29, 0.717) is 16.2 Å². The number of rotatable bonds is 7. The van der Waals surface area contributed by atoms with Gasteiger partial charge in [-0.3, -0.25) is 4.79 Å². The molecule has 1 N–H and O–H groups in total. The van der Waals surface area contributed by atoms with Gasteiger partial charge >= 0.3 is 0 Å². The van der Waals surface area contributed by atoms with E-state index < -0.39 is 0 Å². The van der Waals surface area contributed by atoms with Crippen molar-refractivity contribution in [3.63, 3.8) is 0 Å². The first kappa shape index (κ1) is 21.3. The number of hydrogen-bond acceptors (Lipinski definition) is 4. The van der Waals surface area contributed by atoms with Gasteiger partial charge in [0.05, 0.1) is 5.75 Å². The molecular formula is C24H31ClN4OS. The minimum absolute atomic E-state index is 0.0522. The van der Waals surface area contributed by atoms with Crippen LogP contribution in [0.5, 0.6) is 0 Å². The fraction of sp³-hybridized carbons (Fsp3) is 0.625. The van der Waals surface area contributed by atoms with Gasteiger partial charge in [-0.05, 0) is 93.2 Å². The molecule has 166 valence electrons. The van der Waals surface area contributed by atoms with Gasteiger partial charge in [0.15, 0.2) is 5.16 Å². The Kier molecular flexibility index (Phi) is 5.80.